The Balaban J connectivity index is 1.75. The minimum atomic E-state index is -0.338. The zero-order valence-corrected chi connectivity index (χ0v) is 12.3. The van der Waals surface area contributed by atoms with Crippen molar-refractivity contribution >= 4 is 11.6 Å². The third-order valence-electron chi connectivity index (χ3n) is 4.52. The van der Waals surface area contributed by atoms with E-state index >= 15 is 0 Å². The molecule has 0 amide bonds. The fourth-order valence-electron chi connectivity index (χ4n) is 3.26. The van der Waals surface area contributed by atoms with Crippen LogP contribution in [-0.2, 0) is 4.74 Å². The number of rotatable bonds is 3. The van der Waals surface area contributed by atoms with Gasteiger partial charge in [-0.1, -0.05) is 30.7 Å². The summed E-state index contributed by atoms with van der Waals surface area (Å²) in [6.07, 6.45) is 0.965. The topological polar surface area (TPSA) is 47.3 Å². The number of nitrogens with one attached hydrogen (secondary N) is 1. The summed E-state index contributed by atoms with van der Waals surface area (Å²) >= 11 is 5.86. The van der Waals surface area contributed by atoms with Crippen molar-refractivity contribution in [2.45, 2.75) is 31.3 Å². The zero-order chi connectivity index (χ0) is 14.3. The highest BCUT2D eigenvalue weighted by Gasteiger charge is 2.42. The quantitative estimate of drug-likeness (QED) is 0.900. The molecule has 2 saturated heterocycles. The Hall–Kier alpha value is -0.680. The summed E-state index contributed by atoms with van der Waals surface area (Å²) in [6, 6.07) is 5.23. The average Bonchev–Trinajstić information content (AvgIpc) is 2.73. The van der Waals surface area contributed by atoms with Crippen LogP contribution in [0.2, 0.25) is 5.02 Å². The van der Waals surface area contributed by atoms with E-state index in [1.807, 2.05) is 0 Å². The molecule has 0 aliphatic carbocycles. The molecule has 110 valence electrons. The first-order chi connectivity index (χ1) is 9.50. The van der Waals surface area contributed by atoms with Crippen LogP contribution < -0.4 is 11.1 Å². The predicted octanol–water partition coefficient (Wildman–Crippen LogP) is 2.29. The molecule has 1 aromatic rings. The molecule has 0 aromatic heterocycles. The van der Waals surface area contributed by atoms with Gasteiger partial charge in [0.1, 0.15) is 5.82 Å². The van der Waals surface area contributed by atoms with Gasteiger partial charge in [0.15, 0.2) is 0 Å². The molecule has 0 spiro atoms. The van der Waals surface area contributed by atoms with E-state index in [0.717, 1.165) is 19.6 Å². The van der Waals surface area contributed by atoms with Gasteiger partial charge in [0.05, 0.1) is 18.2 Å². The highest BCUT2D eigenvalue weighted by molar-refractivity contribution is 6.30. The van der Waals surface area contributed by atoms with Gasteiger partial charge in [0, 0.05) is 30.0 Å². The largest absolute Gasteiger partial charge is 0.380 e. The summed E-state index contributed by atoms with van der Waals surface area (Å²) in [6.45, 7) is 4.47. The van der Waals surface area contributed by atoms with Gasteiger partial charge in [0.25, 0.3) is 0 Å². The van der Waals surface area contributed by atoms with E-state index < -0.39 is 0 Å². The summed E-state index contributed by atoms with van der Waals surface area (Å²) in [5.41, 5.74) is 7.17. The van der Waals surface area contributed by atoms with E-state index in [9.17, 15) is 4.39 Å². The van der Waals surface area contributed by atoms with Crippen molar-refractivity contribution in [2.24, 2.45) is 11.1 Å². The van der Waals surface area contributed by atoms with Gasteiger partial charge in [-0.15, -0.1) is 0 Å². The molecule has 1 aromatic carbocycles. The van der Waals surface area contributed by atoms with Crippen molar-refractivity contribution in [1.29, 1.82) is 0 Å². The van der Waals surface area contributed by atoms with E-state index in [4.69, 9.17) is 22.1 Å². The maximum Gasteiger partial charge on any atom is 0.145 e. The molecular weight excluding hydrogens is 279 g/mol. The van der Waals surface area contributed by atoms with Crippen LogP contribution >= 0.6 is 11.6 Å². The Morgan fingerprint density at radius 3 is 2.90 bits per heavy atom. The highest BCUT2D eigenvalue weighted by Crippen LogP contribution is 2.37. The van der Waals surface area contributed by atoms with Crippen LogP contribution in [0.4, 0.5) is 4.39 Å². The van der Waals surface area contributed by atoms with Crippen molar-refractivity contribution in [3.8, 4) is 0 Å². The van der Waals surface area contributed by atoms with Crippen LogP contribution in [-0.4, -0.2) is 31.8 Å². The number of nitrogens with two attached hydrogens (primary N) is 1. The molecule has 2 aliphatic heterocycles. The summed E-state index contributed by atoms with van der Waals surface area (Å²) in [4.78, 5) is 0. The van der Waals surface area contributed by atoms with Crippen molar-refractivity contribution in [1.82, 2.24) is 5.32 Å². The number of hydrogen-bond donors (Lipinski definition) is 2. The highest BCUT2D eigenvalue weighted by atomic mass is 35.5. The molecule has 2 aliphatic rings. The summed E-state index contributed by atoms with van der Waals surface area (Å²) < 4.78 is 19.4. The van der Waals surface area contributed by atoms with E-state index in [-0.39, 0.29) is 34.3 Å². The second-order valence-electron chi connectivity index (χ2n) is 6.35. The minimum absolute atomic E-state index is 0.0247. The van der Waals surface area contributed by atoms with Gasteiger partial charge in [-0.3, -0.25) is 0 Å². The van der Waals surface area contributed by atoms with E-state index in [1.54, 1.807) is 18.2 Å². The maximum absolute atomic E-state index is 14.1. The number of benzene rings is 1. The molecule has 0 radical (unpaired) electrons. The summed E-state index contributed by atoms with van der Waals surface area (Å²) in [5.74, 6) is -0.362. The van der Waals surface area contributed by atoms with Crippen LogP contribution in [0.15, 0.2) is 18.2 Å². The lowest BCUT2D eigenvalue weighted by Gasteiger charge is -2.40. The lowest BCUT2D eigenvalue weighted by Crippen LogP contribution is -2.48. The molecule has 3 atom stereocenters. The number of halogens is 2. The molecule has 0 bridgehead atoms. The zero-order valence-electron chi connectivity index (χ0n) is 11.5. The van der Waals surface area contributed by atoms with Gasteiger partial charge in [-0.05, 0) is 18.1 Å². The van der Waals surface area contributed by atoms with Crippen molar-refractivity contribution < 1.29 is 9.13 Å². The molecule has 3 rings (SSSR count). The molecule has 2 fully saturated rings. The second kappa shape index (κ2) is 5.26. The summed E-state index contributed by atoms with van der Waals surface area (Å²) in [7, 11) is 0. The number of hydrogen-bond acceptors (Lipinski definition) is 3. The Morgan fingerprint density at radius 1 is 1.50 bits per heavy atom. The normalized spacial score (nSPS) is 32.1. The van der Waals surface area contributed by atoms with Gasteiger partial charge in [-0.2, -0.15) is 0 Å². The fourth-order valence-corrected chi connectivity index (χ4v) is 3.44. The van der Waals surface area contributed by atoms with Crippen molar-refractivity contribution in [3.05, 3.63) is 34.6 Å². The second-order valence-corrected chi connectivity index (χ2v) is 6.76. The Morgan fingerprint density at radius 2 is 2.25 bits per heavy atom. The smallest absolute Gasteiger partial charge is 0.145 e. The Labute approximate surface area is 123 Å². The van der Waals surface area contributed by atoms with Gasteiger partial charge >= 0.3 is 0 Å². The Bertz CT molecular complexity index is 507. The standard InChI is InChI=1S/C15H20ClFN2O/c1-15(7-20-8-15)5-12-14(18)10(6-19-12)9-3-2-4-11(16)13(9)17/h2-4,10,12,14,19H,5-8,18H2,1H3. The Kier molecular flexibility index (Phi) is 3.75. The van der Waals surface area contributed by atoms with E-state index in [0.29, 0.717) is 12.1 Å². The van der Waals surface area contributed by atoms with Crippen LogP contribution in [0, 0.1) is 11.2 Å². The van der Waals surface area contributed by atoms with Crippen LogP contribution in [0.3, 0.4) is 0 Å². The predicted molar refractivity (Wildman–Crippen MR) is 77.5 cm³/mol. The van der Waals surface area contributed by atoms with E-state index in [1.165, 1.54) is 0 Å². The SMILES string of the molecule is CC1(CC2NCC(c3cccc(Cl)c3F)C2N)COC1. The summed E-state index contributed by atoms with van der Waals surface area (Å²) in [5, 5.41) is 3.60. The molecule has 5 heteroatoms. The average molecular weight is 299 g/mol. The number of ether oxygens (including phenoxy) is 1. The molecule has 20 heavy (non-hydrogen) atoms. The molecule has 3 unspecified atom stereocenters. The first-order valence-electron chi connectivity index (χ1n) is 7.01. The lowest BCUT2D eigenvalue weighted by molar-refractivity contribution is -0.109. The first kappa shape index (κ1) is 14.3. The molecule has 0 saturated carbocycles. The third-order valence-corrected chi connectivity index (χ3v) is 4.82. The van der Waals surface area contributed by atoms with Crippen LogP contribution in [0.25, 0.3) is 0 Å². The minimum Gasteiger partial charge on any atom is -0.380 e. The van der Waals surface area contributed by atoms with Gasteiger partial charge < -0.3 is 15.8 Å². The van der Waals surface area contributed by atoms with Crippen molar-refractivity contribution in [2.75, 3.05) is 19.8 Å². The third kappa shape index (κ3) is 2.46. The fraction of sp³-hybridized carbons (Fsp3) is 0.600. The van der Waals surface area contributed by atoms with Gasteiger partial charge in [-0.25, -0.2) is 4.39 Å². The lowest BCUT2D eigenvalue weighted by atomic mass is 9.79. The van der Waals surface area contributed by atoms with Crippen LogP contribution in [0.1, 0.15) is 24.8 Å². The molecular formula is C15H20ClFN2O. The monoisotopic (exact) mass is 298 g/mol. The van der Waals surface area contributed by atoms with E-state index in [2.05, 4.69) is 12.2 Å². The molecule has 3 nitrogen and oxygen atoms in total. The van der Waals surface area contributed by atoms with Crippen molar-refractivity contribution in [3.63, 3.8) is 0 Å². The van der Waals surface area contributed by atoms with Crippen LogP contribution in [0.5, 0.6) is 0 Å². The van der Waals surface area contributed by atoms with Gasteiger partial charge in [0.2, 0.25) is 0 Å². The molecule has 3 N–H and O–H groups in total. The first-order valence-corrected chi connectivity index (χ1v) is 7.39. The maximum atomic E-state index is 14.1. The molecule has 2 heterocycles.